The molecule has 0 aliphatic carbocycles. The molecule has 7 heteroatoms. The van der Waals surface area contributed by atoms with Crippen LogP contribution in [-0.2, 0) is 4.79 Å². The number of amides is 1. The predicted molar refractivity (Wildman–Crippen MR) is 63.5 cm³/mol. The molecule has 0 heterocycles. The Hall–Kier alpha value is -2.15. The average Bonchev–Trinajstić information content (AvgIpc) is 2.38. The van der Waals surface area contributed by atoms with Gasteiger partial charge in [0.2, 0.25) is 0 Å². The Labute approximate surface area is 108 Å². The maximum atomic E-state index is 13.2. The standard InChI is InChI=1S/C12H14FNO5/c1-19-10-6-7(2-3-8(10)13)11(16)14-9(4-5-15)12(17)18/h2-3,6,9,15H,4-5H2,1H3,(H,14,16)(H,17,18)/t9-/m0/s1. The maximum absolute atomic E-state index is 13.2. The molecular formula is C12H14FNO5. The highest BCUT2D eigenvalue weighted by molar-refractivity contribution is 5.96. The number of aliphatic hydroxyl groups is 1. The first-order chi connectivity index (χ1) is 8.99. The number of aliphatic hydroxyl groups excluding tert-OH is 1. The molecule has 0 radical (unpaired) electrons. The lowest BCUT2D eigenvalue weighted by Gasteiger charge is -2.13. The van der Waals surface area contributed by atoms with E-state index >= 15 is 0 Å². The molecule has 1 atom stereocenters. The monoisotopic (exact) mass is 271 g/mol. The van der Waals surface area contributed by atoms with Gasteiger partial charge in [0.05, 0.1) is 7.11 Å². The Kier molecular flexibility index (Phi) is 5.25. The van der Waals surface area contributed by atoms with Crippen LogP contribution in [0.25, 0.3) is 0 Å². The van der Waals surface area contributed by atoms with Gasteiger partial charge in [-0.25, -0.2) is 9.18 Å². The minimum Gasteiger partial charge on any atom is -0.494 e. The van der Waals surface area contributed by atoms with Crippen LogP contribution in [0.3, 0.4) is 0 Å². The first-order valence-corrected chi connectivity index (χ1v) is 5.47. The molecule has 6 nitrogen and oxygen atoms in total. The van der Waals surface area contributed by atoms with E-state index < -0.39 is 23.7 Å². The molecule has 1 amide bonds. The van der Waals surface area contributed by atoms with Gasteiger partial charge in [-0.2, -0.15) is 0 Å². The largest absolute Gasteiger partial charge is 0.494 e. The summed E-state index contributed by atoms with van der Waals surface area (Å²) in [5.74, 6) is -2.67. The zero-order valence-corrected chi connectivity index (χ0v) is 10.2. The number of benzene rings is 1. The summed E-state index contributed by atoms with van der Waals surface area (Å²) in [4.78, 5) is 22.6. The van der Waals surface area contributed by atoms with Crippen LogP contribution in [0.15, 0.2) is 18.2 Å². The number of carboxylic acid groups (broad SMARTS) is 1. The van der Waals surface area contributed by atoms with Crippen LogP contribution in [0.1, 0.15) is 16.8 Å². The molecule has 1 aromatic carbocycles. The van der Waals surface area contributed by atoms with E-state index in [1.807, 2.05) is 0 Å². The maximum Gasteiger partial charge on any atom is 0.326 e. The summed E-state index contributed by atoms with van der Waals surface area (Å²) >= 11 is 0. The molecule has 0 aromatic heterocycles. The molecule has 0 saturated heterocycles. The summed E-state index contributed by atoms with van der Waals surface area (Å²) in [7, 11) is 1.26. The molecule has 0 bridgehead atoms. The Morgan fingerprint density at radius 2 is 2.16 bits per heavy atom. The van der Waals surface area contributed by atoms with Gasteiger partial charge in [0, 0.05) is 18.6 Å². The lowest BCUT2D eigenvalue weighted by molar-refractivity contribution is -0.139. The Balaban J connectivity index is 2.85. The van der Waals surface area contributed by atoms with E-state index in [0.29, 0.717) is 0 Å². The molecule has 1 rings (SSSR count). The van der Waals surface area contributed by atoms with Crippen LogP contribution in [0.2, 0.25) is 0 Å². The van der Waals surface area contributed by atoms with Gasteiger partial charge in [-0.15, -0.1) is 0 Å². The van der Waals surface area contributed by atoms with E-state index in [0.717, 1.165) is 6.07 Å². The molecule has 19 heavy (non-hydrogen) atoms. The van der Waals surface area contributed by atoms with E-state index in [2.05, 4.69) is 5.32 Å². The molecule has 0 saturated carbocycles. The van der Waals surface area contributed by atoms with Crippen molar-refractivity contribution in [2.75, 3.05) is 13.7 Å². The van der Waals surface area contributed by atoms with Crippen LogP contribution in [0.5, 0.6) is 5.75 Å². The summed E-state index contributed by atoms with van der Waals surface area (Å²) in [6.07, 6.45) is -0.112. The second kappa shape index (κ2) is 6.69. The smallest absolute Gasteiger partial charge is 0.326 e. The van der Waals surface area contributed by atoms with Crippen LogP contribution < -0.4 is 10.1 Å². The SMILES string of the molecule is COc1cc(C(=O)N[C@@H](CCO)C(=O)O)ccc1F. The normalized spacial score (nSPS) is 11.7. The van der Waals surface area contributed by atoms with E-state index in [-0.39, 0.29) is 24.3 Å². The lowest BCUT2D eigenvalue weighted by Crippen LogP contribution is -2.41. The third-order valence-electron chi connectivity index (χ3n) is 2.43. The summed E-state index contributed by atoms with van der Waals surface area (Å²) in [5.41, 5.74) is 0.0717. The molecule has 1 aromatic rings. The van der Waals surface area contributed by atoms with E-state index in [1.54, 1.807) is 0 Å². The molecule has 0 aliphatic heterocycles. The van der Waals surface area contributed by atoms with Gasteiger partial charge >= 0.3 is 5.97 Å². The van der Waals surface area contributed by atoms with Crippen molar-refractivity contribution in [3.63, 3.8) is 0 Å². The first-order valence-electron chi connectivity index (χ1n) is 5.47. The zero-order valence-electron chi connectivity index (χ0n) is 10.2. The summed E-state index contributed by atoms with van der Waals surface area (Å²) in [6.45, 7) is -0.371. The molecule has 0 fully saturated rings. The Morgan fingerprint density at radius 1 is 1.47 bits per heavy atom. The van der Waals surface area contributed by atoms with Crippen molar-refractivity contribution in [1.29, 1.82) is 0 Å². The van der Waals surface area contributed by atoms with Gasteiger partial charge in [-0.05, 0) is 18.2 Å². The van der Waals surface area contributed by atoms with Gasteiger partial charge in [-0.3, -0.25) is 4.79 Å². The van der Waals surface area contributed by atoms with Crippen molar-refractivity contribution in [3.8, 4) is 5.75 Å². The fourth-order valence-corrected chi connectivity index (χ4v) is 1.43. The highest BCUT2D eigenvalue weighted by Gasteiger charge is 2.20. The molecule has 0 aliphatic rings. The van der Waals surface area contributed by atoms with Crippen LogP contribution in [0.4, 0.5) is 4.39 Å². The van der Waals surface area contributed by atoms with Crippen molar-refractivity contribution in [2.24, 2.45) is 0 Å². The molecule has 104 valence electrons. The minimum atomic E-state index is -1.25. The number of carbonyl (C=O) groups is 2. The summed E-state index contributed by atoms with van der Waals surface area (Å²) < 4.78 is 17.9. The number of hydrogen-bond acceptors (Lipinski definition) is 4. The fraction of sp³-hybridized carbons (Fsp3) is 0.333. The number of ether oxygens (including phenoxy) is 1. The topological polar surface area (TPSA) is 95.9 Å². The van der Waals surface area contributed by atoms with Crippen LogP contribution in [-0.4, -0.2) is 41.8 Å². The number of carboxylic acids is 1. The zero-order chi connectivity index (χ0) is 14.4. The van der Waals surface area contributed by atoms with Crippen molar-refractivity contribution >= 4 is 11.9 Å². The number of carbonyl (C=O) groups excluding carboxylic acids is 1. The van der Waals surface area contributed by atoms with Gasteiger partial charge in [0.1, 0.15) is 6.04 Å². The lowest BCUT2D eigenvalue weighted by atomic mass is 10.1. The summed E-state index contributed by atoms with van der Waals surface area (Å²) in [6, 6.07) is 2.23. The number of nitrogens with one attached hydrogen (secondary N) is 1. The molecule has 0 unspecified atom stereocenters. The molecule has 3 N–H and O–H groups in total. The van der Waals surface area contributed by atoms with Gasteiger partial charge in [-0.1, -0.05) is 0 Å². The van der Waals surface area contributed by atoms with Crippen LogP contribution in [0, 0.1) is 5.82 Å². The fourth-order valence-electron chi connectivity index (χ4n) is 1.43. The predicted octanol–water partition coefficient (Wildman–Crippen LogP) is 0.400. The minimum absolute atomic E-state index is 0.0717. The van der Waals surface area contributed by atoms with Gasteiger partial charge in [0.15, 0.2) is 11.6 Å². The highest BCUT2D eigenvalue weighted by Crippen LogP contribution is 2.18. The molecule has 0 spiro atoms. The Bertz CT molecular complexity index is 477. The second-order valence-corrected chi connectivity index (χ2v) is 3.73. The van der Waals surface area contributed by atoms with Crippen molar-refractivity contribution < 1.29 is 28.9 Å². The Morgan fingerprint density at radius 3 is 2.68 bits per heavy atom. The van der Waals surface area contributed by atoms with Gasteiger partial charge < -0.3 is 20.3 Å². The number of rotatable bonds is 6. The number of aliphatic carboxylic acids is 1. The van der Waals surface area contributed by atoms with Crippen molar-refractivity contribution in [1.82, 2.24) is 5.32 Å². The number of methoxy groups -OCH3 is 1. The summed E-state index contributed by atoms with van der Waals surface area (Å²) in [5, 5.41) is 19.8. The average molecular weight is 271 g/mol. The third-order valence-corrected chi connectivity index (χ3v) is 2.43. The van der Waals surface area contributed by atoms with E-state index in [1.165, 1.54) is 19.2 Å². The third kappa shape index (κ3) is 3.92. The van der Waals surface area contributed by atoms with Crippen molar-refractivity contribution in [3.05, 3.63) is 29.6 Å². The van der Waals surface area contributed by atoms with Gasteiger partial charge in [0.25, 0.3) is 5.91 Å². The number of halogens is 1. The second-order valence-electron chi connectivity index (χ2n) is 3.73. The van der Waals surface area contributed by atoms with Crippen LogP contribution >= 0.6 is 0 Å². The number of hydrogen-bond donors (Lipinski definition) is 3. The quantitative estimate of drug-likeness (QED) is 0.696. The highest BCUT2D eigenvalue weighted by atomic mass is 19.1. The molecular weight excluding hydrogens is 257 g/mol. The van der Waals surface area contributed by atoms with Crippen molar-refractivity contribution in [2.45, 2.75) is 12.5 Å². The van der Waals surface area contributed by atoms with E-state index in [9.17, 15) is 14.0 Å². The first kappa shape index (κ1) is 14.9. The van der Waals surface area contributed by atoms with E-state index in [4.69, 9.17) is 14.9 Å².